The van der Waals surface area contributed by atoms with Crippen LogP contribution in [-0.2, 0) is 22.3 Å². The van der Waals surface area contributed by atoms with Gasteiger partial charge in [-0.1, -0.05) is 30.3 Å². The van der Waals surface area contributed by atoms with Crippen molar-refractivity contribution in [1.82, 2.24) is 0 Å². The predicted molar refractivity (Wildman–Crippen MR) is 221 cm³/mol. The van der Waals surface area contributed by atoms with E-state index in [2.05, 4.69) is 28.8 Å². The van der Waals surface area contributed by atoms with Gasteiger partial charge in [-0.05, 0) is 82.3 Å². The summed E-state index contributed by atoms with van der Waals surface area (Å²) in [5.41, 5.74) is 14.0. The Kier molecular flexibility index (Phi) is 13.9. The minimum atomic E-state index is -1.42. The van der Waals surface area contributed by atoms with Gasteiger partial charge in [-0.25, -0.2) is 0 Å². The second-order valence-corrected chi connectivity index (χ2v) is 16.2. The Balaban J connectivity index is 0.000000179. The molecule has 10 atom stereocenters. The summed E-state index contributed by atoms with van der Waals surface area (Å²) in [5.74, 6) is 2.59. The summed E-state index contributed by atoms with van der Waals surface area (Å²) in [4.78, 5) is 1.24. The van der Waals surface area contributed by atoms with Crippen LogP contribution in [0.2, 0.25) is 0 Å². The van der Waals surface area contributed by atoms with Gasteiger partial charge in [0, 0.05) is 41.5 Å². The average molecular weight is 836 g/mol. The monoisotopic (exact) mass is 835 g/mol. The molecule has 59 heavy (non-hydrogen) atoms. The minimum Gasteiger partial charge on any atom is -0.496 e. The molecule has 4 aromatic rings. The molecule has 0 amide bonds. The first kappa shape index (κ1) is 42.9. The van der Waals surface area contributed by atoms with E-state index in [0.717, 1.165) is 58.2 Å². The smallest absolute Gasteiger partial charge is 0.142 e. The zero-order chi connectivity index (χ0) is 41.8. The summed E-state index contributed by atoms with van der Waals surface area (Å²) in [6, 6.07) is 23.0. The SMILES string of the molecule is COc1ccc([C@@H]2O[C@H](CO)[C@@H](O)[C@H](O)[C@H]2O)cc1Cc1ccc2c(c1)NCCS2.Nc1ccc([C@@H]2O[C@H](CO)[C@@H](O)[C@H](O)[C@H]2O)cc1Cc1ccc2c(c1)NCCO2. The van der Waals surface area contributed by atoms with E-state index in [4.69, 9.17) is 24.7 Å². The number of ether oxygens (including phenoxy) is 4. The number of anilines is 3. The Labute approximate surface area is 346 Å². The summed E-state index contributed by atoms with van der Waals surface area (Å²) in [7, 11) is 1.61. The highest BCUT2D eigenvalue weighted by Gasteiger charge is 2.45. The van der Waals surface area contributed by atoms with E-state index < -0.39 is 74.3 Å². The Morgan fingerprint density at radius 3 is 1.88 bits per heavy atom. The van der Waals surface area contributed by atoms with E-state index in [-0.39, 0.29) is 0 Å². The number of hydrogen-bond acceptors (Lipinski definition) is 16. The van der Waals surface area contributed by atoms with Crippen molar-refractivity contribution < 1.29 is 59.8 Å². The molecule has 4 aliphatic rings. The van der Waals surface area contributed by atoms with Crippen molar-refractivity contribution >= 4 is 28.8 Å². The fraction of sp³-hybridized carbons (Fsp3) is 0.442. The van der Waals surface area contributed by atoms with Crippen molar-refractivity contribution in [2.45, 2.75) is 78.8 Å². The van der Waals surface area contributed by atoms with Gasteiger partial charge in [0.15, 0.2) is 0 Å². The lowest BCUT2D eigenvalue weighted by Gasteiger charge is -2.40. The number of hydrogen-bond donors (Lipinski definition) is 11. The van der Waals surface area contributed by atoms with Crippen molar-refractivity contribution in [3.63, 3.8) is 0 Å². The number of nitrogen functional groups attached to an aromatic ring is 1. The summed E-state index contributed by atoms with van der Waals surface area (Å²) in [6.07, 6.45) is -10.7. The fourth-order valence-corrected chi connectivity index (χ4v) is 8.73. The van der Waals surface area contributed by atoms with Gasteiger partial charge in [0.1, 0.15) is 79.1 Å². The maximum absolute atomic E-state index is 10.5. The third-order valence-electron chi connectivity index (χ3n) is 11.1. The third kappa shape index (κ3) is 9.43. The van der Waals surface area contributed by atoms with Gasteiger partial charge in [-0.15, -0.1) is 11.8 Å². The van der Waals surface area contributed by atoms with Gasteiger partial charge in [0.2, 0.25) is 0 Å². The van der Waals surface area contributed by atoms with E-state index in [1.165, 1.54) is 4.90 Å². The lowest BCUT2D eigenvalue weighted by atomic mass is 9.89. The van der Waals surface area contributed by atoms with Crippen molar-refractivity contribution in [1.29, 1.82) is 0 Å². The molecule has 4 heterocycles. The highest BCUT2D eigenvalue weighted by Crippen LogP contribution is 2.38. The topological polar surface area (TPSA) is 249 Å². The standard InChI is InChI=1S/C22H27NO6S.C21H26N2O6/c1-28-16-4-3-13(22-21(27)20(26)19(25)17(11-24)29-22)10-14(16)8-12-2-5-18-15(9-12)23-6-7-30-18;22-14-3-2-12(21-20(27)19(26)18(25)17(10-24)29-21)9-13(14)7-11-1-4-16-15(8-11)23-5-6-28-16/h2-5,9-10,17,19-27H,6-8,11H2,1H3;1-4,8-9,17-21,23-27H,5-7,10,22H2/t17-,19-,20+,21-,22+;17-,18-,19+,20-,21+/m11/s1. The molecule has 0 saturated carbocycles. The number of rotatable bonds is 9. The van der Waals surface area contributed by atoms with Crippen LogP contribution in [0.5, 0.6) is 11.5 Å². The number of thioether (sulfide) groups is 1. The molecule has 0 unspecified atom stereocenters. The number of nitrogens with two attached hydrogens (primary N) is 1. The number of aliphatic hydroxyl groups is 8. The molecule has 12 N–H and O–H groups in total. The van der Waals surface area contributed by atoms with E-state index in [1.54, 1.807) is 31.4 Å². The quantitative estimate of drug-likeness (QED) is 0.107. The zero-order valence-corrected chi connectivity index (χ0v) is 33.4. The zero-order valence-electron chi connectivity index (χ0n) is 32.6. The molecule has 8 rings (SSSR count). The largest absolute Gasteiger partial charge is 0.496 e. The highest BCUT2D eigenvalue weighted by molar-refractivity contribution is 7.99. The molecule has 4 aliphatic heterocycles. The first-order valence-corrected chi connectivity index (χ1v) is 20.6. The first-order chi connectivity index (χ1) is 28.5. The maximum Gasteiger partial charge on any atom is 0.142 e. The molecule has 318 valence electrons. The Morgan fingerprint density at radius 2 is 1.24 bits per heavy atom. The molecule has 4 aromatic carbocycles. The van der Waals surface area contributed by atoms with Crippen molar-refractivity contribution in [3.05, 3.63) is 106 Å². The van der Waals surface area contributed by atoms with Crippen LogP contribution in [0.15, 0.2) is 77.7 Å². The van der Waals surface area contributed by atoms with Crippen LogP contribution in [-0.4, -0.2) is 135 Å². The molecule has 0 bridgehead atoms. The van der Waals surface area contributed by atoms with Gasteiger partial charge in [-0.2, -0.15) is 0 Å². The molecule has 0 aromatic heterocycles. The first-order valence-electron chi connectivity index (χ1n) is 19.6. The maximum atomic E-state index is 10.5. The second-order valence-electron chi connectivity index (χ2n) is 15.1. The number of aliphatic hydroxyl groups excluding tert-OH is 8. The predicted octanol–water partition coefficient (Wildman–Crippen LogP) is 1.50. The highest BCUT2D eigenvalue weighted by atomic mass is 32.2. The van der Waals surface area contributed by atoms with Gasteiger partial charge in [0.05, 0.1) is 26.0 Å². The molecule has 2 fully saturated rings. The number of benzene rings is 4. The molecule has 16 heteroatoms. The van der Waals surface area contributed by atoms with Crippen molar-refractivity contribution in [3.8, 4) is 11.5 Å². The molecule has 0 aliphatic carbocycles. The summed E-state index contributed by atoms with van der Waals surface area (Å²) < 4.78 is 22.5. The Bertz CT molecular complexity index is 2060. The molecular weight excluding hydrogens is 783 g/mol. The molecule has 0 spiro atoms. The summed E-state index contributed by atoms with van der Waals surface area (Å²) >= 11 is 1.84. The molecular formula is C43H53N3O12S. The minimum absolute atomic E-state index is 0.454. The van der Waals surface area contributed by atoms with Crippen LogP contribution < -0.4 is 25.8 Å². The van der Waals surface area contributed by atoms with Crippen LogP contribution in [0.3, 0.4) is 0 Å². The second kappa shape index (κ2) is 19.0. The van der Waals surface area contributed by atoms with E-state index >= 15 is 0 Å². The fourth-order valence-electron chi connectivity index (χ4n) is 7.86. The van der Waals surface area contributed by atoms with Gasteiger partial charge in [-0.3, -0.25) is 0 Å². The van der Waals surface area contributed by atoms with Crippen LogP contribution in [0.1, 0.15) is 45.6 Å². The Hall–Kier alpha value is -4.17. The lowest BCUT2D eigenvalue weighted by molar-refractivity contribution is -0.231. The third-order valence-corrected chi connectivity index (χ3v) is 12.2. The average Bonchev–Trinajstić information content (AvgIpc) is 3.26. The molecule has 15 nitrogen and oxygen atoms in total. The van der Waals surface area contributed by atoms with Gasteiger partial charge in [0.25, 0.3) is 0 Å². The van der Waals surface area contributed by atoms with Crippen molar-refractivity contribution in [2.24, 2.45) is 0 Å². The van der Waals surface area contributed by atoms with E-state index in [9.17, 15) is 40.9 Å². The Morgan fingerprint density at radius 1 is 0.661 bits per heavy atom. The number of methoxy groups -OCH3 is 1. The molecule has 2 saturated heterocycles. The van der Waals surface area contributed by atoms with Gasteiger partial charge < -0.3 is 76.2 Å². The summed E-state index contributed by atoms with van der Waals surface area (Å²) in [6.45, 7) is 1.42. The normalized spacial score (nSPS) is 28.7. The molecule has 0 radical (unpaired) electrons. The van der Waals surface area contributed by atoms with E-state index in [0.29, 0.717) is 42.0 Å². The number of nitrogens with one attached hydrogen (secondary N) is 2. The van der Waals surface area contributed by atoms with Crippen molar-refractivity contribution in [2.75, 3.05) is 62.1 Å². The van der Waals surface area contributed by atoms with E-state index in [1.807, 2.05) is 42.1 Å². The lowest BCUT2D eigenvalue weighted by Crippen LogP contribution is -2.55. The number of fused-ring (bicyclic) bond motifs is 2. The van der Waals surface area contributed by atoms with Crippen LogP contribution in [0, 0.1) is 0 Å². The van der Waals surface area contributed by atoms with Gasteiger partial charge >= 0.3 is 0 Å². The van der Waals surface area contributed by atoms with Crippen LogP contribution in [0.4, 0.5) is 17.1 Å². The van der Waals surface area contributed by atoms with Crippen LogP contribution >= 0.6 is 11.8 Å². The van der Waals surface area contributed by atoms with Crippen LogP contribution in [0.25, 0.3) is 0 Å². The summed E-state index contributed by atoms with van der Waals surface area (Å²) in [5, 5.41) is 86.6.